The highest BCUT2D eigenvalue weighted by molar-refractivity contribution is 8.00. The number of aliphatic carboxylic acids is 1. The summed E-state index contributed by atoms with van der Waals surface area (Å²) in [5.41, 5.74) is 5.81. The first-order valence-corrected chi connectivity index (χ1v) is 12.5. The number of β-lactam (4-membered cyclic amide) rings is 1. The standard InChI is InChI=1S/C19H23N9O6S2.ClH/c1-2-34-24-11(14-23-19(21)36-25-14)15(30)22-12-16(31)28-13(18(32)33)9(8-35-17(12)28)7-26-4-3-10(20)27(26)5-6-29;/h3-4,12,17,20,29H,2,5-8H2,1H3,(H,22,30)(H,32,33)(H2,21,23,25);1H/b20-10?,24-11-;/t12-,17-;/m1./s1. The van der Waals surface area contributed by atoms with Crippen molar-refractivity contribution in [2.75, 3.05) is 24.7 Å². The molecule has 2 atom stereocenters. The quantitative estimate of drug-likeness (QED) is 0.130. The lowest BCUT2D eigenvalue weighted by atomic mass is 10.0. The van der Waals surface area contributed by atoms with Gasteiger partial charge in [-0.3, -0.25) is 29.3 Å². The molecule has 2 aromatic rings. The molecule has 18 heteroatoms. The minimum Gasteiger partial charge on any atom is -0.477 e. The number of carboxylic acid groups (broad SMARTS) is 1. The molecule has 200 valence electrons. The number of carboxylic acids is 1. The van der Waals surface area contributed by atoms with Gasteiger partial charge in [0.05, 0.1) is 19.7 Å². The molecule has 2 aromatic heterocycles. The van der Waals surface area contributed by atoms with E-state index in [0.29, 0.717) is 5.57 Å². The summed E-state index contributed by atoms with van der Waals surface area (Å²) in [6, 6.07) is 0.536. The minimum absolute atomic E-state index is 0. The molecule has 0 radical (unpaired) electrons. The molecule has 2 aliphatic rings. The number of nitrogens with zero attached hydrogens (tertiary/aromatic N) is 6. The number of anilines is 1. The number of rotatable bonds is 10. The van der Waals surface area contributed by atoms with Gasteiger partial charge in [-0.25, -0.2) is 4.79 Å². The van der Waals surface area contributed by atoms with Crippen LogP contribution in [0.4, 0.5) is 5.13 Å². The molecule has 2 amide bonds. The molecule has 4 heterocycles. The van der Waals surface area contributed by atoms with Gasteiger partial charge in [0.2, 0.25) is 11.5 Å². The van der Waals surface area contributed by atoms with Crippen LogP contribution in [-0.4, -0.2) is 87.7 Å². The second kappa shape index (κ2) is 11.8. The summed E-state index contributed by atoms with van der Waals surface area (Å²) in [6.07, 6.45) is 1.61. The average Bonchev–Trinajstić information content (AvgIpc) is 3.43. The molecule has 15 nitrogen and oxygen atoms in total. The van der Waals surface area contributed by atoms with E-state index in [1.807, 2.05) is 0 Å². The number of fused-ring (bicyclic) bond motifs is 1. The predicted octanol–water partition coefficient (Wildman–Crippen LogP) is -1.20. The van der Waals surface area contributed by atoms with Crippen molar-refractivity contribution in [2.45, 2.75) is 31.4 Å². The monoisotopic (exact) mass is 573 g/mol. The Kier molecular flexibility index (Phi) is 8.95. The van der Waals surface area contributed by atoms with Crippen LogP contribution >= 0.6 is 35.7 Å². The van der Waals surface area contributed by atoms with Gasteiger partial charge in [0.1, 0.15) is 29.2 Å². The first kappa shape index (κ1) is 28.2. The normalized spacial score (nSPS) is 19.1. The molecule has 0 bridgehead atoms. The van der Waals surface area contributed by atoms with Gasteiger partial charge in [-0.2, -0.15) is 9.36 Å². The maximum absolute atomic E-state index is 13.0. The number of nitrogens with one attached hydrogen (secondary N) is 2. The van der Waals surface area contributed by atoms with E-state index in [2.05, 4.69) is 19.8 Å². The van der Waals surface area contributed by atoms with Gasteiger partial charge in [-0.15, -0.1) is 24.2 Å². The highest BCUT2D eigenvalue weighted by Crippen LogP contribution is 2.40. The highest BCUT2D eigenvalue weighted by Gasteiger charge is 2.54. The van der Waals surface area contributed by atoms with Crippen LogP contribution in [0.25, 0.3) is 0 Å². The summed E-state index contributed by atoms with van der Waals surface area (Å²) in [4.78, 5) is 48.1. The molecular weight excluding hydrogens is 550 g/mol. The number of nitrogen functional groups attached to an aromatic ring is 1. The molecule has 0 aromatic carbocycles. The Morgan fingerprint density at radius 1 is 1.43 bits per heavy atom. The summed E-state index contributed by atoms with van der Waals surface area (Å²) in [6.45, 7) is 1.95. The molecule has 0 spiro atoms. The first-order chi connectivity index (χ1) is 17.3. The zero-order chi connectivity index (χ0) is 26.0. The Bertz CT molecular complexity index is 1320. The first-order valence-electron chi connectivity index (χ1n) is 10.7. The van der Waals surface area contributed by atoms with E-state index in [1.54, 1.807) is 17.8 Å². The SMILES string of the molecule is CCO/N=C(\C(=O)N[C@@H]1C(=O)N2C(C(=O)O)=C(Cn3ccc(=N)n3CCO)CS[C@H]12)c1nsc(N)n1.Cl. The van der Waals surface area contributed by atoms with E-state index in [4.69, 9.17) is 16.0 Å². The van der Waals surface area contributed by atoms with Gasteiger partial charge in [-0.1, -0.05) is 5.16 Å². The zero-order valence-corrected chi connectivity index (χ0v) is 21.8. The fourth-order valence-electron chi connectivity index (χ4n) is 3.80. The fourth-order valence-corrected chi connectivity index (χ4v) is 5.57. The topological polar surface area (TPSA) is 214 Å². The van der Waals surface area contributed by atoms with E-state index >= 15 is 0 Å². The van der Waals surface area contributed by atoms with Gasteiger partial charge < -0.3 is 26.1 Å². The van der Waals surface area contributed by atoms with Crippen LogP contribution < -0.4 is 16.5 Å². The minimum atomic E-state index is -1.28. The number of aliphatic hydroxyl groups excluding tert-OH is 1. The lowest BCUT2D eigenvalue weighted by Crippen LogP contribution is -2.71. The lowest BCUT2D eigenvalue weighted by molar-refractivity contribution is -0.150. The number of halogens is 1. The fraction of sp³-hybridized carbons (Fsp3) is 0.421. The predicted molar refractivity (Wildman–Crippen MR) is 135 cm³/mol. The van der Waals surface area contributed by atoms with Crippen LogP contribution in [-0.2, 0) is 32.3 Å². The van der Waals surface area contributed by atoms with Crippen molar-refractivity contribution < 1.29 is 29.4 Å². The molecule has 37 heavy (non-hydrogen) atoms. The number of oxime groups is 1. The Hall–Kier alpha value is -3.41. The number of thioether (sulfide) groups is 1. The van der Waals surface area contributed by atoms with Gasteiger partial charge in [0.25, 0.3) is 11.8 Å². The van der Waals surface area contributed by atoms with Crippen LogP contribution in [0.1, 0.15) is 12.7 Å². The Morgan fingerprint density at radius 3 is 2.81 bits per heavy atom. The number of aliphatic hydroxyl groups is 1. The third-order valence-corrected chi connectivity index (χ3v) is 7.23. The number of nitrogens with two attached hydrogens (primary N) is 1. The summed E-state index contributed by atoms with van der Waals surface area (Å²) >= 11 is 2.17. The van der Waals surface area contributed by atoms with Crippen molar-refractivity contribution in [3.63, 3.8) is 0 Å². The number of hydrogen-bond acceptors (Lipinski definition) is 12. The number of hydrogen-bond donors (Lipinski definition) is 5. The number of amides is 2. The van der Waals surface area contributed by atoms with Crippen LogP contribution in [0.2, 0.25) is 0 Å². The number of carbonyl (C=O) groups excluding carboxylic acids is 2. The smallest absolute Gasteiger partial charge is 0.352 e. The van der Waals surface area contributed by atoms with Crippen LogP contribution in [0, 0.1) is 5.41 Å². The van der Waals surface area contributed by atoms with E-state index in [-0.39, 0.29) is 72.3 Å². The Balaban J connectivity index is 0.00000380. The molecule has 6 N–H and O–H groups in total. The van der Waals surface area contributed by atoms with E-state index in [9.17, 15) is 24.6 Å². The maximum Gasteiger partial charge on any atom is 0.352 e. The summed E-state index contributed by atoms with van der Waals surface area (Å²) in [7, 11) is 0. The largest absolute Gasteiger partial charge is 0.477 e. The van der Waals surface area contributed by atoms with Crippen molar-refractivity contribution in [1.29, 1.82) is 5.41 Å². The Morgan fingerprint density at radius 2 is 2.19 bits per heavy atom. The second-order valence-corrected chi connectivity index (χ2v) is 9.47. The highest BCUT2D eigenvalue weighted by atomic mass is 35.5. The molecule has 1 fully saturated rings. The van der Waals surface area contributed by atoms with Crippen LogP contribution in [0.5, 0.6) is 0 Å². The number of aromatic nitrogens is 4. The van der Waals surface area contributed by atoms with Crippen molar-refractivity contribution in [2.24, 2.45) is 5.16 Å². The van der Waals surface area contributed by atoms with Crippen molar-refractivity contribution in [3.8, 4) is 0 Å². The number of carbonyl (C=O) groups is 3. The van der Waals surface area contributed by atoms with Crippen molar-refractivity contribution in [3.05, 3.63) is 34.8 Å². The van der Waals surface area contributed by atoms with Crippen LogP contribution in [0.3, 0.4) is 0 Å². The van der Waals surface area contributed by atoms with Crippen LogP contribution in [0.15, 0.2) is 28.7 Å². The van der Waals surface area contributed by atoms with Gasteiger partial charge >= 0.3 is 5.97 Å². The summed E-state index contributed by atoms with van der Waals surface area (Å²) in [5, 5.41) is 32.9. The molecule has 0 saturated carbocycles. The molecular formula is C19H24ClN9O6S2. The average molecular weight is 574 g/mol. The second-order valence-electron chi connectivity index (χ2n) is 7.58. The molecule has 2 aliphatic heterocycles. The van der Waals surface area contributed by atoms with Gasteiger partial charge in [0.15, 0.2) is 5.13 Å². The van der Waals surface area contributed by atoms with E-state index in [0.717, 1.165) is 16.4 Å². The molecule has 0 aliphatic carbocycles. The summed E-state index contributed by atoms with van der Waals surface area (Å²) in [5.74, 6) is -2.40. The van der Waals surface area contributed by atoms with Gasteiger partial charge in [-0.05, 0) is 18.6 Å². The molecule has 4 rings (SSSR count). The van der Waals surface area contributed by atoms with E-state index < -0.39 is 29.2 Å². The van der Waals surface area contributed by atoms with E-state index in [1.165, 1.54) is 22.5 Å². The molecule has 1 saturated heterocycles. The Labute approximate surface area is 224 Å². The third kappa shape index (κ3) is 5.48. The van der Waals surface area contributed by atoms with Crippen molar-refractivity contribution >= 4 is 64.3 Å². The van der Waals surface area contributed by atoms with Gasteiger partial charge in [0, 0.05) is 23.5 Å². The third-order valence-electron chi connectivity index (χ3n) is 5.35. The molecule has 0 unspecified atom stereocenters. The lowest BCUT2D eigenvalue weighted by Gasteiger charge is -2.49. The summed E-state index contributed by atoms with van der Waals surface area (Å²) < 4.78 is 7.08. The maximum atomic E-state index is 13.0. The van der Waals surface area contributed by atoms with Crippen molar-refractivity contribution in [1.82, 2.24) is 28.9 Å². The zero-order valence-electron chi connectivity index (χ0n) is 19.4.